The number of pyridine rings is 1. The Kier molecular flexibility index (Phi) is 9.20. The Hall–Kier alpha value is -4.66. The molecule has 7 rings (SSSR count). The van der Waals surface area contributed by atoms with Crippen molar-refractivity contribution >= 4 is 20.0 Å². The molecule has 16 heteroatoms. The maximum absolute atomic E-state index is 16.1. The number of carbonyl (C=O) groups excluding carboxylic acids is 2. The van der Waals surface area contributed by atoms with E-state index in [0.29, 0.717) is 22.5 Å². The molecule has 52 heavy (non-hydrogen) atoms. The van der Waals surface area contributed by atoms with Gasteiger partial charge >= 0.3 is 299 Å². The van der Waals surface area contributed by atoms with Crippen LogP contribution in [-0.2, 0) is 18.8 Å². The number of nitrogens with one attached hydrogen (secondary N) is 1. The number of hydrogen-bond donors (Lipinski definition) is 2. The minimum atomic E-state index is -4.71. The number of fused-ring (bicyclic) bond motifs is 7. The van der Waals surface area contributed by atoms with Gasteiger partial charge in [-0.15, -0.1) is 0 Å². The van der Waals surface area contributed by atoms with Gasteiger partial charge < -0.3 is 0 Å². The number of benzene rings is 2. The van der Waals surface area contributed by atoms with E-state index in [4.69, 9.17) is 18.5 Å². The van der Waals surface area contributed by atoms with Crippen LogP contribution in [0.2, 0.25) is 0 Å². The zero-order chi connectivity index (χ0) is 37.1. The summed E-state index contributed by atoms with van der Waals surface area (Å²) in [5, 5.41) is 4.57. The molecular weight excluding hydrogens is 699 g/mol. The molecule has 13 nitrogen and oxygen atoms in total. The van der Waals surface area contributed by atoms with Crippen LogP contribution in [0.25, 0.3) is 16.9 Å². The number of nitrogens with zero attached hydrogens (tertiary/aromatic N) is 4. The van der Waals surface area contributed by atoms with Crippen LogP contribution in [0.4, 0.5) is 8.78 Å². The first kappa shape index (κ1) is 35.7. The Balaban J connectivity index is 1.46. The van der Waals surface area contributed by atoms with E-state index in [1.54, 1.807) is 55.6 Å². The number of rotatable bonds is 8. The molecule has 5 heterocycles. The zero-order valence-electron chi connectivity index (χ0n) is 29.3. The summed E-state index contributed by atoms with van der Waals surface area (Å²) in [6.07, 6.45) is 2.39. The molecule has 0 bridgehead atoms. The number of esters is 1. The van der Waals surface area contributed by atoms with Gasteiger partial charge in [0.25, 0.3) is 0 Å². The average molecular weight is 740 g/mol. The van der Waals surface area contributed by atoms with Crippen molar-refractivity contribution in [2.24, 2.45) is 5.41 Å². The van der Waals surface area contributed by atoms with Gasteiger partial charge in [0.15, 0.2) is 0 Å². The minimum absolute atomic E-state index is 0.0313. The average Bonchev–Trinajstić information content (AvgIpc) is 3.56. The quantitative estimate of drug-likeness (QED) is 0.197. The van der Waals surface area contributed by atoms with Crippen LogP contribution in [-0.4, -0.2) is 76.6 Å². The van der Waals surface area contributed by atoms with Crippen LogP contribution < -0.4 is 20.0 Å². The van der Waals surface area contributed by atoms with Crippen LogP contribution in [0, 0.1) is 17.0 Å². The first-order chi connectivity index (χ1) is 24.8. The number of aromatic nitrogens is 2. The van der Waals surface area contributed by atoms with Crippen LogP contribution in [0.1, 0.15) is 55.4 Å². The topological polar surface area (TPSA) is 137 Å². The summed E-state index contributed by atoms with van der Waals surface area (Å²) in [6.45, 7) is 7.13. The SMILES string of the molecule is CCO[PH](O)(N[C@@H](C(=O)OC)C(C)(C)C)Oc1c2n(ccc1=O)N(C1c3ccccc3-n3cccc3-c3c1ccc(F)c3F)C1COCCN1C2=O. The molecular formula is C36H40F2N5O8P. The fourth-order valence-electron chi connectivity index (χ4n) is 7.22. The van der Waals surface area contributed by atoms with E-state index in [1.807, 2.05) is 24.3 Å². The summed E-state index contributed by atoms with van der Waals surface area (Å²) in [5.41, 5.74) is 0.428. The van der Waals surface area contributed by atoms with E-state index in [1.165, 1.54) is 35.0 Å². The zero-order valence-corrected chi connectivity index (χ0v) is 30.3. The number of amides is 1. The van der Waals surface area contributed by atoms with Gasteiger partial charge in [-0.25, -0.2) is 0 Å². The van der Waals surface area contributed by atoms with E-state index < -0.39 is 66.4 Å². The molecule has 0 spiro atoms. The molecule has 3 aliphatic rings. The first-order valence-corrected chi connectivity index (χ1v) is 18.6. The molecule has 2 aromatic carbocycles. The van der Waals surface area contributed by atoms with E-state index >= 15 is 8.78 Å². The number of hydrogen-bond acceptors (Lipinski definition) is 10. The Morgan fingerprint density at radius 2 is 1.85 bits per heavy atom. The maximum atomic E-state index is 16.1. The third-order valence-electron chi connectivity index (χ3n) is 9.55. The molecule has 3 aliphatic heterocycles. The molecule has 0 radical (unpaired) electrons. The van der Waals surface area contributed by atoms with Gasteiger partial charge in [0, 0.05) is 0 Å². The second-order valence-electron chi connectivity index (χ2n) is 13.8. The fraction of sp³-hybridized carbons (Fsp3) is 0.361. The van der Waals surface area contributed by atoms with Crippen molar-refractivity contribution < 1.29 is 41.8 Å². The van der Waals surface area contributed by atoms with Gasteiger partial charge in [-0.2, -0.15) is 0 Å². The number of morpholine rings is 1. The predicted octanol–water partition coefficient (Wildman–Crippen LogP) is 4.43. The van der Waals surface area contributed by atoms with Crippen LogP contribution >= 0.6 is 8.09 Å². The van der Waals surface area contributed by atoms with Gasteiger partial charge in [0.05, 0.1) is 0 Å². The van der Waals surface area contributed by atoms with E-state index in [9.17, 15) is 19.3 Å². The van der Waals surface area contributed by atoms with Crippen molar-refractivity contribution in [3.63, 3.8) is 0 Å². The molecule has 4 aromatic rings. The van der Waals surface area contributed by atoms with Crippen molar-refractivity contribution in [1.82, 2.24) is 19.2 Å². The number of halogens is 2. The second-order valence-corrected chi connectivity index (χ2v) is 15.7. The second kappa shape index (κ2) is 13.4. The molecule has 2 N–H and O–H groups in total. The standard InChI is InChI=1S/C36H40F2N5O8P/c1-6-50-52(47,39-33(35(46)48-5)36(2,3)4)51-32-26(44)15-17-42-31(32)34(45)41-18-19-49-20-27(41)43(42)30-21-10-7-8-11-24(21)40-16-9-12-25(40)28-22(30)13-14-23(37)29(28)38/h7-17,27,30,33,39,47,52H,6,18-20H2,1-5H3/t27?,30?,33-/m0/s1. The van der Waals surface area contributed by atoms with E-state index in [-0.39, 0.29) is 37.6 Å². The molecule has 3 atom stereocenters. The number of carbonyl (C=O) groups is 2. The van der Waals surface area contributed by atoms with Crippen LogP contribution in [0.3, 0.4) is 0 Å². The van der Waals surface area contributed by atoms with Crippen LogP contribution in [0.5, 0.6) is 5.75 Å². The molecule has 1 saturated heterocycles. The summed E-state index contributed by atoms with van der Waals surface area (Å²) in [6, 6.07) is 12.6. The Labute approximate surface area is 298 Å². The van der Waals surface area contributed by atoms with Crippen molar-refractivity contribution in [2.75, 3.05) is 38.5 Å². The Morgan fingerprint density at radius 3 is 2.58 bits per heavy atom. The third-order valence-corrected chi connectivity index (χ3v) is 11.4. The summed E-state index contributed by atoms with van der Waals surface area (Å²) in [5.74, 6) is -3.88. The number of para-hydroxylation sites is 1. The van der Waals surface area contributed by atoms with E-state index in [0.717, 1.165) is 6.07 Å². The molecule has 2 aromatic heterocycles. The number of ether oxygens (including phenoxy) is 2. The summed E-state index contributed by atoms with van der Waals surface area (Å²) in [7, 11) is -3.51. The summed E-state index contributed by atoms with van der Waals surface area (Å²) < 4.78 is 57.1. The third kappa shape index (κ3) is 5.86. The van der Waals surface area contributed by atoms with Gasteiger partial charge in [-0.3, -0.25) is 0 Å². The van der Waals surface area contributed by atoms with Gasteiger partial charge in [-0.05, 0) is 0 Å². The van der Waals surface area contributed by atoms with Gasteiger partial charge in [0.2, 0.25) is 0 Å². The van der Waals surface area contributed by atoms with Crippen LogP contribution in [0.15, 0.2) is 71.8 Å². The van der Waals surface area contributed by atoms with Crippen molar-refractivity contribution in [2.45, 2.75) is 45.9 Å². The molecule has 2 unspecified atom stereocenters. The van der Waals surface area contributed by atoms with Gasteiger partial charge in [-0.1, -0.05) is 0 Å². The van der Waals surface area contributed by atoms with E-state index in [2.05, 4.69) is 5.09 Å². The molecule has 1 amide bonds. The summed E-state index contributed by atoms with van der Waals surface area (Å²) >= 11 is 0. The van der Waals surface area contributed by atoms with Crippen molar-refractivity contribution in [3.05, 3.63) is 106 Å². The molecule has 0 saturated carbocycles. The fourth-order valence-corrected chi connectivity index (χ4v) is 9.20. The predicted molar refractivity (Wildman–Crippen MR) is 189 cm³/mol. The molecule has 0 aliphatic carbocycles. The van der Waals surface area contributed by atoms with Crippen molar-refractivity contribution in [1.29, 1.82) is 0 Å². The molecule has 1 fully saturated rings. The Bertz CT molecular complexity index is 2120. The normalized spacial score (nSPS) is 19.0. The monoisotopic (exact) mass is 739 g/mol. The van der Waals surface area contributed by atoms with Crippen molar-refractivity contribution in [3.8, 4) is 22.7 Å². The van der Waals surface area contributed by atoms with Gasteiger partial charge in [0.1, 0.15) is 0 Å². The Morgan fingerprint density at radius 1 is 1.08 bits per heavy atom. The number of methoxy groups -OCH3 is 1. The first-order valence-electron chi connectivity index (χ1n) is 16.9. The summed E-state index contributed by atoms with van der Waals surface area (Å²) in [4.78, 5) is 54.6. The molecule has 276 valence electrons.